The molecule has 5 nitrogen and oxygen atoms in total. The maximum atomic E-state index is 12.9. The summed E-state index contributed by atoms with van der Waals surface area (Å²) < 4.78 is 38.8. The summed E-state index contributed by atoms with van der Waals surface area (Å²) in [6.45, 7) is 4.92. The van der Waals surface area contributed by atoms with Crippen LogP contribution < -0.4 is 9.80 Å². The summed E-state index contributed by atoms with van der Waals surface area (Å²) in [7, 11) is 0. The van der Waals surface area contributed by atoms with Crippen molar-refractivity contribution < 1.29 is 13.2 Å². The minimum Gasteiger partial charge on any atom is -0.367 e. The monoisotopic (exact) mass is 373 g/mol. The fourth-order valence-electron chi connectivity index (χ4n) is 3.38. The third-order valence-corrected chi connectivity index (χ3v) is 4.75. The van der Waals surface area contributed by atoms with E-state index in [1.54, 1.807) is 12.4 Å². The van der Waals surface area contributed by atoms with Crippen LogP contribution in [0.4, 0.5) is 24.7 Å². The first-order valence-corrected chi connectivity index (χ1v) is 8.67. The average molecular weight is 373 g/mol. The highest BCUT2D eigenvalue weighted by Gasteiger charge is 2.31. The van der Waals surface area contributed by atoms with Gasteiger partial charge in [-0.3, -0.25) is 4.98 Å². The van der Waals surface area contributed by atoms with Gasteiger partial charge < -0.3 is 9.80 Å². The Kier molecular flexibility index (Phi) is 4.33. The van der Waals surface area contributed by atoms with Gasteiger partial charge in [-0.05, 0) is 31.2 Å². The molecule has 0 atom stereocenters. The summed E-state index contributed by atoms with van der Waals surface area (Å²) in [6, 6.07) is 7.50. The third-order valence-electron chi connectivity index (χ3n) is 4.75. The van der Waals surface area contributed by atoms with Crippen molar-refractivity contribution in [2.45, 2.75) is 13.1 Å². The molecule has 27 heavy (non-hydrogen) atoms. The van der Waals surface area contributed by atoms with E-state index in [4.69, 9.17) is 0 Å². The first-order valence-electron chi connectivity index (χ1n) is 8.67. The molecule has 0 amide bonds. The van der Waals surface area contributed by atoms with E-state index >= 15 is 0 Å². The van der Waals surface area contributed by atoms with Crippen molar-refractivity contribution in [3.8, 4) is 0 Å². The van der Waals surface area contributed by atoms with Gasteiger partial charge in [0, 0.05) is 49.6 Å². The first kappa shape index (κ1) is 17.5. The van der Waals surface area contributed by atoms with Gasteiger partial charge in [0.1, 0.15) is 11.6 Å². The number of nitrogens with zero attached hydrogens (tertiary/aromatic N) is 5. The van der Waals surface area contributed by atoms with E-state index in [1.165, 1.54) is 6.07 Å². The lowest BCUT2D eigenvalue weighted by atomic mass is 10.1. The van der Waals surface area contributed by atoms with Gasteiger partial charge in [-0.25, -0.2) is 9.97 Å². The smallest absolute Gasteiger partial charge is 0.367 e. The van der Waals surface area contributed by atoms with Crippen LogP contribution in [0.1, 0.15) is 11.4 Å². The summed E-state index contributed by atoms with van der Waals surface area (Å²) in [5, 5.41) is 0.733. The van der Waals surface area contributed by atoms with E-state index in [1.807, 2.05) is 19.1 Å². The molecule has 2 aromatic heterocycles. The SMILES string of the molecule is Cc1nccc(N2CCN(c3ccnc4cc(C(F)(F)F)ccc34)CC2)n1. The Labute approximate surface area is 154 Å². The first-order chi connectivity index (χ1) is 12.9. The fraction of sp³-hybridized carbons (Fsp3) is 0.316. The van der Waals surface area contributed by atoms with Crippen LogP contribution in [0.25, 0.3) is 10.9 Å². The molecule has 0 radical (unpaired) electrons. The Bertz CT molecular complexity index is 965. The van der Waals surface area contributed by atoms with Gasteiger partial charge in [-0.15, -0.1) is 0 Å². The fourth-order valence-corrected chi connectivity index (χ4v) is 3.38. The number of hydrogen-bond donors (Lipinski definition) is 0. The van der Waals surface area contributed by atoms with E-state index < -0.39 is 11.7 Å². The molecule has 1 aliphatic heterocycles. The van der Waals surface area contributed by atoms with E-state index in [-0.39, 0.29) is 0 Å². The lowest BCUT2D eigenvalue weighted by molar-refractivity contribution is -0.137. The number of alkyl halides is 3. The van der Waals surface area contributed by atoms with Crippen molar-refractivity contribution in [3.05, 3.63) is 54.1 Å². The van der Waals surface area contributed by atoms with Gasteiger partial charge in [0.2, 0.25) is 0 Å². The molecular formula is C19H18F3N5. The summed E-state index contributed by atoms with van der Waals surface area (Å²) in [5.74, 6) is 1.63. The normalized spacial score (nSPS) is 15.4. The lowest BCUT2D eigenvalue weighted by Crippen LogP contribution is -2.47. The molecule has 140 valence electrons. The summed E-state index contributed by atoms with van der Waals surface area (Å²) in [6.07, 6.45) is -1.05. The van der Waals surface area contributed by atoms with Gasteiger partial charge in [0.05, 0.1) is 11.1 Å². The number of aromatic nitrogens is 3. The van der Waals surface area contributed by atoms with Crippen LogP contribution >= 0.6 is 0 Å². The number of benzene rings is 1. The van der Waals surface area contributed by atoms with E-state index in [0.717, 1.165) is 61.0 Å². The topological polar surface area (TPSA) is 45.2 Å². The van der Waals surface area contributed by atoms with Crippen LogP contribution in [0.5, 0.6) is 0 Å². The molecule has 8 heteroatoms. The molecule has 0 N–H and O–H groups in total. The second kappa shape index (κ2) is 6.68. The molecule has 4 rings (SSSR count). The highest BCUT2D eigenvalue weighted by atomic mass is 19.4. The Morgan fingerprint density at radius 2 is 1.59 bits per heavy atom. The number of pyridine rings is 1. The van der Waals surface area contributed by atoms with Crippen molar-refractivity contribution in [3.63, 3.8) is 0 Å². The number of halogens is 3. The van der Waals surface area contributed by atoms with Crippen molar-refractivity contribution in [2.24, 2.45) is 0 Å². The highest BCUT2D eigenvalue weighted by molar-refractivity contribution is 5.92. The van der Waals surface area contributed by atoms with Crippen molar-refractivity contribution in [2.75, 3.05) is 36.0 Å². The molecule has 1 aliphatic rings. The van der Waals surface area contributed by atoms with Gasteiger partial charge in [0.15, 0.2) is 0 Å². The zero-order valence-electron chi connectivity index (χ0n) is 14.7. The number of aryl methyl sites for hydroxylation is 1. The third kappa shape index (κ3) is 3.51. The van der Waals surface area contributed by atoms with Crippen molar-refractivity contribution >= 4 is 22.4 Å². The molecule has 1 saturated heterocycles. The van der Waals surface area contributed by atoms with E-state index in [9.17, 15) is 13.2 Å². The van der Waals surface area contributed by atoms with Crippen LogP contribution in [0, 0.1) is 6.92 Å². The minimum absolute atomic E-state index is 0.358. The highest BCUT2D eigenvalue weighted by Crippen LogP contribution is 2.33. The van der Waals surface area contributed by atoms with Crippen LogP contribution in [0.15, 0.2) is 42.7 Å². The van der Waals surface area contributed by atoms with Crippen LogP contribution in [0.2, 0.25) is 0 Å². The summed E-state index contributed by atoms with van der Waals surface area (Å²) in [4.78, 5) is 17.1. The predicted molar refractivity (Wildman–Crippen MR) is 97.9 cm³/mol. The molecular weight excluding hydrogens is 355 g/mol. The standard InChI is InChI=1S/C19H18F3N5/c1-13-23-7-5-18(25-13)27-10-8-26(9-11-27)17-4-6-24-16-12-14(19(20,21)22)2-3-15(16)17/h2-7,12H,8-11H2,1H3. The van der Waals surface area contributed by atoms with Crippen molar-refractivity contribution in [1.29, 1.82) is 0 Å². The van der Waals surface area contributed by atoms with Crippen molar-refractivity contribution in [1.82, 2.24) is 15.0 Å². The quantitative estimate of drug-likeness (QED) is 0.686. The minimum atomic E-state index is -4.37. The predicted octanol–water partition coefficient (Wildman–Crippen LogP) is 3.68. The molecule has 1 fully saturated rings. The molecule has 0 spiro atoms. The second-order valence-corrected chi connectivity index (χ2v) is 6.50. The largest absolute Gasteiger partial charge is 0.416 e. The van der Waals surface area contributed by atoms with Gasteiger partial charge >= 0.3 is 6.18 Å². The molecule has 0 saturated carbocycles. The molecule has 3 heterocycles. The Morgan fingerprint density at radius 1 is 0.889 bits per heavy atom. The number of anilines is 2. The number of hydrogen-bond acceptors (Lipinski definition) is 5. The number of rotatable bonds is 2. The average Bonchev–Trinajstić information content (AvgIpc) is 2.66. The molecule has 0 unspecified atom stereocenters. The zero-order valence-corrected chi connectivity index (χ0v) is 14.7. The summed E-state index contributed by atoms with van der Waals surface area (Å²) in [5.41, 5.74) is 0.590. The number of fused-ring (bicyclic) bond motifs is 1. The van der Waals surface area contributed by atoms with Crippen LogP contribution in [-0.2, 0) is 6.18 Å². The molecule has 0 bridgehead atoms. The lowest BCUT2D eigenvalue weighted by Gasteiger charge is -2.37. The van der Waals surface area contributed by atoms with Gasteiger partial charge in [-0.2, -0.15) is 13.2 Å². The maximum absolute atomic E-state index is 12.9. The van der Waals surface area contributed by atoms with E-state index in [2.05, 4.69) is 24.8 Å². The molecule has 1 aromatic carbocycles. The Balaban J connectivity index is 1.57. The zero-order chi connectivity index (χ0) is 19.0. The van der Waals surface area contributed by atoms with E-state index in [0.29, 0.717) is 5.52 Å². The van der Waals surface area contributed by atoms with Crippen LogP contribution in [0.3, 0.4) is 0 Å². The number of piperazine rings is 1. The Morgan fingerprint density at radius 3 is 2.30 bits per heavy atom. The second-order valence-electron chi connectivity index (χ2n) is 6.50. The van der Waals surface area contributed by atoms with Crippen LogP contribution in [-0.4, -0.2) is 41.1 Å². The molecule has 0 aliphatic carbocycles. The molecule has 3 aromatic rings. The van der Waals surface area contributed by atoms with Gasteiger partial charge in [0.25, 0.3) is 0 Å². The maximum Gasteiger partial charge on any atom is 0.416 e. The van der Waals surface area contributed by atoms with Gasteiger partial charge in [-0.1, -0.05) is 6.07 Å². The summed E-state index contributed by atoms with van der Waals surface area (Å²) >= 11 is 0. The Hall–Kier alpha value is -2.90.